The van der Waals surface area contributed by atoms with Crippen LogP contribution in [-0.2, 0) is 13.6 Å². The Kier molecular flexibility index (Phi) is 3.66. The number of aromatic nitrogens is 2. The molecule has 98 valence electrons. The molecule has 1 aromatic carbocycles. The number of halogens is 1. The van der Waals surface area contributed by atoms with Crippen LogP contribution >= 0.6 is 11.6 Å². The number of carbonyl (C=O) groups excluding carboxylic acids is 1. The molecule has 0 unspecified atom stereocenters. The third-order valence-corrected chi connectivity index (χ3v) is 3.05. The van der Waals surface area contributed by atoms with Crippen LogP contribution in [0.25, 0.3) is 0 Å². The van der Waals surface area contributed by atoms with Gasteiger partial charge in [0.1, 0.15) is 0 Å². The number of ketones is 1. The normalized spacial score (nSPS) is 10.4. The Morgan fingerprint density at radius 2 is 1.84 bits per heavy atom. The van der Waals surface area contributed by atoms with Crippen molar-refractivity contribution in [2.24, 2.45) is 7.05 Å². The van der Waals surface area contributed by atoms with E-state index in [0.29, 0.717) is 10.6 Å². The number of nitrogens with zero attached hydrogens (tertiary/aromatic N) is 2. The largest absolute Gasteiger partial charge is 0.316 e. The topological polar surface area (TPSA) is 61.1 Å². The van der Waals surface area contributed by atoms with Crippen LogP contribution in [0.3, 0.4) is 0 Å². The van der Waals surface area contributed by atoms with Gasteiger partial charge >= 0.3 is 11.1 Å². The number of carbonyl (C=O) groups is 1. The van der Waals surface area contributed by atoms with Crippen molar-refractivity contribution >= 4 is 17.4 Å². The van der Waals surface area contributed by atoms with E-state index in [1.54, 1.807) is 24.3 Å². The van der Waals surface area contributed by atoms with Gasteiger partial charge in [0.25, 0.3) is 0 Å². The highest BCUT2D eigenvalue weighted by molar-refractivity contribution is 6.33. The standard InChI is InChI=1S/C13H11ClN2O3/c1-15-6-7-16(13(19)12(15)18)8-11(17)9-4-2-3-5-10(9)14/h2-7H,8H2,1H3. The summed E-state index contributed by atoms with van der Waals surface area (Å²) < 4.78 is 2.24. The van der Waals surface area contributed by atoms with E-state index in [1.165, 1.54) is 24.0 Å². The van der Waals surface area contributed by atoms with Gasteiger partial charge in [0.15, 0.2) is 5.78 Å². The van der Waals surface area contributed by atoms with E-state index in [4.69, 9.17) is 11.6 Å². The minimum Gasteiger partial charge on any atom is -0.312 e. The fraction of sp³-hybridized carbons (Fsp3) is 0.154. The second kappa shape index (κ2) is 5.24. The van der Waals surface area contributed by atoms with Gasteiger partial charge in [0.05, 0.1) is 11.6 Å². The number of hydrogen-bond donors (Lipinski definition) is 0. The summed E-state index contributed by atoms with van der Waals surface area (Å²) in [5.74, 6) is -0.319. The van der Waals surface area contributed by atoms with Crippen molar-refractivity contribution < 1.29 is 4.79 Å². The Hall–Kier alpha value is -2.14. The van der Waals surface area contributed by atoms with Crippen molar-refractivity contribution in [1.82, 2.24) is 9.13 Å². The van der Waals surface area contributed by atoms with Gasteiger partial charge in [0.2, 0.25) is 0 Å². The lowest BCUT2D eigenvalue weighted by atomic mass is 10.1. The predicted octanol–water partition coefficient (Wildman–Crippen LogP) is 1.08. The predicted molar refractivity (Wildman–Crippen MR) is 71.7 cm³/mol. The third-order valence-electron chi connectivity index (χ3n) is 2.72. The molecule has 1 aromatic heterocycles. The highest BCUT2D eigenvalue weighted by Crippen LogP contribution is 2.15. The lowest BCUT2D eigenvalue weighted by molar-refractivity contribution is 0.0970. The van der Waals surface area contributed by atoms with E-state index in [0.717, 1.165) is 4.57 Å². The maximum absolute atomic E-state index is 12.0. The lowest BCUT2D eigenvalue weighted by Crippen LogP contribution is -2.40. The fourth-order valence-electron chi connectivity index (χ4n) is 1.64. The molecule has 0 spiro atoms. The van der Waals surface area contributed by atoms with Gasteiger partial charge in [-0.1, -0.05) is 23.7 Å². The molecule has 2 rings (SSSR count). The van der Waals surface area contributed by atoms with Crippen LogP contribution in [0.2, 0.25) is 5.02 Å². The minimum absolute atomic E-state index is 0.210. The summed E-state index contributed by atoms with van der Waals surface area (Å²) in [5, 5.41) is 0.324. The van der Waals surface area contributed by atoms with Crippen molar-refractivity contribution in [3.8, 4) is 0 Å². The fourth-order valence-corrected chi connectivity index (χ4v) is 1.88. The Bertz CT molecular complexity index is 746. The quantitative estimate of drug-likeness (QED) is 0.624. The van der Waals surface area contributed by atoms with Crippen LogP contribution in [0.4, 0.5) is 0 Å². The van der Waals surface area contributed by atoms with E-state index in [2.05, 4.69) is 0 Å². The molecule has 5 nitrogen and oxygen atoms in total. The zero-order valence-electron chi connectivity index (χ0n) is 10.2. The summed E-state index contributed by atoms with van der Waals surface area (Å²) in [6.45, 7) is -0.210. The van der Waals surface area contributed by atoms with E-state index in [1.807, 2.05) is 0 Å². The SMILES string of the molecule is Cn1ccn(CC(=O)c2ccccc2Cl)c(=O)c1=O. The summed E-state index contributed by atoms with van der Waals surface area (Å²) in [7, 11) is 1.48. The monoisotopic (exact) mass is 278 g/mol. The number of rotatable bonds is 3. The minimum atomic E-state index is -0.731. The third kappa shape index (κ3) is 2.66. The first kappa shape index (κ1) is 13.3. The summed E-state index contributed by atoms with van der Waals surface area (Å²) in [5.41, 5.74) is -1.07. The molecule has 0 aliphatic carbocycles. The van der Waals surface area contributed by atoms with Crippen molar-refractivity contribution in [2.45, 2.75) is 6.54 Å². The van der Waals surface area contributed by atoms with Gasteiger partial charge in [-0.2, -0.15) is 0 Å². The smallest absolute Gasteiger partial charge is 0.312 e. The van der Waals surface area contributed by atoms with Crippen LogP contribution < -0.4 is 11.1 Å². The Morgan fingerprint density at radius 1 is 1.16 bits per heavy atom. The summed E-state index contributed by atoms with van der Waals surface area (Å²) in [4.78, 5) is 35.2. The number of Topliss-reactive ketones (excluding diaryl/α,β-unsaturated/α-hetero) is 1. The van der Waals surface area contributed by atoms with Crippen LogP contribution in [-0.4, -0.2) is 14.9 Å². The van der Waals surface area contributed by atoms with Gasteiger partial charge < -0.3 is 9.13 Å². The molecular weight excluding hydrogens is 268 g/mol. The number of benzene rings is 1. The molecule has 0 atom stereocenters. The van der Waals surface area contributed by atoms with Crippen LogP contribution in [0.5, 0.6) is 0 Å². The summed E-state index contributed by atoms with van der Waals surface area (Å²) in [6.07, 6.45) is 2.84. The summed E-state index contributed by atoms with van der Waals surface area (Å²) in [6, 6.07) is 6.58. The van der Waals surface area contributed by atoms with E-state index in [-0.39, 0.29) is 12.3 Å². The van der Waals surface area contributed by atoms with Gasteiger partial charge in [-0.3, -0.25) is 14.4 Å². The van der Waals surface area contributed by atoms with E-state index >= 15 is 0 Å². The molecule has 1 heterocycles. The van der Waals surface area contributed by atoms with Gasteiger partial charge in [-0.05, 0) is 12.1 Å². The molecule has 19 heavy (non-hydrogen) atoms. The molecule has 0 N–H and O–H groups in total. The van der Waals surface area contributed by atoms with Crippen molar-refractivity contribution in [1.29, 1.82) is 0 Å². The van der Waals surface area contributed by atoms with Crippen LogP contribution in [0.1, 0.15) is 10.4 Å². The van der Waals surface area contributed by atoms with Gasteiger partial charge in [-0.25, -0.2) is 0 Å². The Labute approximate surface area is 113 Å². The lowest BCUT2D eigenvalue weighted by Gasteiger charge is -2.06. The first-order chi connectivity index (χ1) is 9.00. The van der Waals surface area contributed by atoms with E-state index < -0.39 is 11.1 Å². The van der Waals surface area contributed by atoms with Crippen molar-refractivity contribution in [3.05, 3.63) is 68.0 Å². The average molecular weight is 279 g/mol. The van der Waals surface area contributed by atoms with Gasteiger partial charge in [-0.15, -0.1) is 0 Å². The molecule has 0 aliphatic rings. The second-order valence-electron chi connectivity index (χ2n) is 4.05. The molecule has 0 bridgehead atoms. The highest BCUT2D eigenvalue weighted by Gasteiger charge is 2.12. The molecule has 0 radical (unpaired) electrons. The Balaban J connectivity index is 2.36. The summed E-state index contributed by atoms with van der Waals surface area (Å²) >= 11 is 5.91. The molecular formula is C13H11ClN2O3. The first-order valence-electron chi connectivity index (χ1n) is 5.54. The molecule has 0 fully saturated rings. The molecule has 0 saturated heterocycles. The van der Waals surface area contributed by atoms with Crippen molar-refractivity contribution in [3.63, 3.8) is 0 Å². The van der Waals surface area contributed by atoms with Gasteiger partial charge in [0, 0.05) is 25.0 Å². The number of hydrogen-bond acceptors (Lipinski definition) is 3. The first-order valence-corrected chi connectivity index (χ1v) is 5.92. The molecule has 0 aliphatic heterocycles. The number of aryl methyl sites for hydroxylation is 1. The van der Waals surface area contributed by atoms with E-state index in [9.17, 15) is 14.4 Å². The molecule has 0 saturated carbocycles. The molecule has 6 heteroatoms. The maximum Gasteiger partial charge on any atom is 0.316 e. The average Bonchev–Trinajstić information content (AvgIpc) is 2.40. The van der Waals surface area contributed by atoms with Crippen LogP contribution in [0, 0.1) is 0 Å². The highest BCUT2D eigenvalue weighted by atomic mass is 35.5. The molecule has 2 aromatic rings. The zero-order valence-corrected chi connectivity index (χ0v) is 10.9. The van der Waals surface area contributed by atoms with Crippen molar-refractivity contribution in [2.75, 3.05) is 0 Å². The maximum atomic E-state index is 12.0. The zero-order chi connectivity index (χ0) is 14.0. The molecule has 0 amide bonds. The second-order valence-corrected chi connectivity index (χ2v) is 4.46. The van der Waals surface area contributed by atoms with Crippen LogP contribution in [0.15, 0.2) is 46.2 Å². The Morgan fingerprint density at radius 3 is 2.53 bits per heavy atom.